The molecule has 2 fully saturated rings. The Morgan fingerprint density at radius 1 is 1.06 bits per heavy atom. The molecule has 6 nitrogen and oxygen atoms in total. The average Bonchev–Trinajstić information content (AvgIpc) is 3.36. The zero-order chi connectivity index (χ0) is 23.2. The third-order valence-corrected chi connectivity index (χ3v) is 6.88. The van der Waals surface area contributed by atoms with Gasteiger partial charge in [-0.05, 0) is 60.7 Å². The number of H-pyrrole nitrogens is 1. The number of aromatic amines is 1. The van der Waals surface area contributed by atoms with Gasteiger partial charge in [0, 0.05) is 43.6 Å². The number of rotatable bonds is 6. The summed E-state index contributed by atoms with van der Waals surface area (Å²) < 4.78 is 40.1. The van der Waals surface area contributed by atoms with Gasteiger partial charge in [-0.3, -0.25) is 19.3 Å². The van der Waals surface area contributed by atoms with Crippen molar-refractivity contribution < 1.29 is 13.2 Å². The summed E-state index contributed by atoms with van der Waals surface area (Å²) in [4.78, 5) is 33.1. The molecule has 0 bridgehead atoms. The average molecular weight is 456 g/mol. The van der Waals surface area contributed by atoms with E-state index in [0.29, 0.717) is 23.6 Å². The van der Waals surface area contributed by atoms with Crippen LogP contribution in [0.15, 0.2) is 64.6 Å². The Balaban J connectivity index is 1.22. The number of benzene rings is 1. The number of likely N-dealkylation sites (tertiary alicyclic amines) is 1. The van der Waals surface area contributed by atoms with Gasteiger partial charge in [0.05, 0.1) is 11.1 Å². The molecule has 3 aromatic rings. The van der Waals surface area contributed by atoms with Gasteiger partial charge in [-0.15, -0.1) is 0 Å². The number of aryl methyl sites for hydroxylation is 1. The SMILES string of the molecule is O=c1[nH]c(=O)n(CCCN2CC3CC3(c3ccc(C(F)(F)F)cc3)C2)cc1-c1ccncc1. The molecule has 1 aromatic carbocycles. The summed E-state index contributed by atoms with van der Waals surface area (Å²) >= 11 is 0. The summed E-state index contributed by atoms with van der Waals surface area (Å²) in [6, 6.07) is 9.02. The number of fused-ring (bicyclic) bond motifs is 1. The van der Waals surface area contributed by atoms with Crippen molar-refractivity contribution in [1.29, 1.82) is 0 Å². The maximum Gasteiger partial charge on any atom is 0.416 e. The standard InChI is InChI=1S/C24H23F3N4O2/c25-24(26,27)18-4-2-17(3-5-18)23-12-19(23)13-30(15-23)10-1-11-31-14-20(21(32)29-22(31)33)16-6-8-28-9-7-16/h2-9,14,19H,1,10-13,15H2,(H,29,32,33). The fourth-order valence-electron chi connectivity index (χ4n) is 5.07. The number of piperidine rings is 1. The van der Waals surface area contributed by atoms with E-state index in [1.165, 1.54) is 16.7 Å². The number of nitrogens with zero attached hydrogens (tertiary/aromatic N) is 3. The lowest BCUT2D eigenvalue weighted by Crippen LogP contribution is -2.32. The van der Waals surface area contributed by atoms with Gasteiger partial charge < -0.3 is 4.90 Å². The van der Waals surface area contributed by atoms with Gasteiger partial charge in [0.25, 0.3) is 5.56 Å². The molecule has 3 heterocycles. The van der Waals surface area contributed by atoms with E-state index < -0.39 is 23.0 Å². The van der Waals surface area contributed by atoms with E-state index >= 15 is 0 Å². The molecule has 2 atom stereocenters. The molecule has 0 amide bonds. The Labute approximate surface area is 187 Å². The third-order valence-electron chi connectivity index (χ3n) is 6.88. The molecular formula is C24H23F3N4O2. The molecule has 0 radical (unpaired) electrons. The molecule has 2 unspecified atom stereocenters. The molecule has 172 valence electrons. The van der Waals surface area contributed by atoms with Crippen LogP contribution in [0.4, 0.5) is 13.2 Å². The minimum atomic E-state index is -4.32. The van der Waals surface area contributed by atoms with Crippen LogP contribution in [-0.2, 0) is 18.1 Å². The van der Waals surface area contributed by atoms with E-state index in [1.54, 1.807) is 42.9 Å². The largest absolute Gasteiger partial charge is 0.416 e. The van der Waals surface area contributed by atoms with Crippen LogP contribution in [0.1, 0.15) is 24.0 Å². The van der Waals surface area contributed by atoms with E-state index in [2.05, 4.69) is 14.9 Å². The predicted molar refractivity (Wildman–Crippen MR) is 117 cm³/mol. The maximum absolute atomic E-state index is 12.9. The van der Waals surface area contributed by atoms with Crippen LogP contribution in [0, 0.1) is 5.92 Å². The van der Waals surface area contributed by atoms with Crippen LogP contribution in [0.3, 0.4) is 0 Å². The highest BCUT2D eigenvalue weighted by atomic mass is 19.4. The first kappa shape index (κ1) is 21.6. The van der Waals surface area contributed by atoms with Crippen molar-refractivity contribution in [2.45, 2.75) is 31.0 Å². The van der Waals surface area contributed by atoms with Crippen molar-refractivity contribution in [2.24, 2.45) is 5.92 Å². The van der Waals surface area contributed by atoms with E-state index in [9.17, 15) is 22.8 Å². The number of hydrogen-bond donors (Lipinski definition) is 1. The molecule has 5 rings (SSSR count). The van der Waals surface area contributed by atoms with Crippen LogP contribution in [-0.4, -0.2) is 39.1 Å². The van der Waals surface area contributed by atoms with Crippen LogP contribution in [0.25, 0.3) is 11.1 Å². The van der Waals surface area contributed by atoms with Crippen molar-refractivity contribution in [3.63, 3.8) is 0 Å². The monoisotopic (exact) mass is 456 g/mol. The second-order valence-electron chi connectivity index (χ2n) is 8.95. The quantitative estimate of drug-likeness (QED) is 0.618. The molecule has 1 saturated heterocycles. The van der Waals surface area contributed by atoms with Gasteiger partial charge in [0.1, 0.15) is 0 Å². The first-order valence-corrected chi connectivity index (χ1v) is 10.9. The molecule has 9 heteroatoms. The van der Waals surface area contributed by atoms with Gasteiger partial charge in [-0.1, -0.05) is 12.1 Å². The molecule has 33 heavy (non-hydrogen) atoms. The smallest absolute Gasteiger partial charge is 0.302 e. The van der Waals surface area contributed by atoms with E-state index in [0.717, 1.165) is 38.0 Å². The summed E-state index contributed by atoms with van der Waals surface area (Å²) in [6.45, 7) is 2.95. The van der Waals surface area contributed by atoms with Gasteiger partial charge in [-0.2, -0.15) is 13.2 Å². The molecule has 2 aromatic heterocycles. The van der Waals surface area contributed by atoms with Crippen LogP contribution >= 0.6 is 0 Å². The second kappa shape index (κ2) is 7.98. The van der Waals surface area contributed by atoms with Crippen molar-refractivity contribution in [3.05, 3.63) is 87.0 Å². The first-order chi connectivity index (χ1) is 15.8. The first-order valence-electron chi connectivity index (χ1n) is 10.9. The van der Waals surface area contributed by atoms with Crippen LogP contribution in [0.5, 0.6) is 0 Å². The number of nitrogens with one attached hydrogen (secondary N) is 1. The Morgan fingerprint density at radius 3 is 2.48 bits per heavy atom. The van der Waals surface area contributed by atoms with Crippen molar-refractivity contribution in [3.8, 4) is 11.1 Å². The zero-order valence-electron chi connectivity index (χ0n) is 17.8. The van der Waals surface area contributed by atoms with Crippen molar-refractivity contribution >= 4 is 0 Å². The van der Waals surface area contributed by atoms with Crippen LogP contribution in [0.2, 0.25) is 0 Å². The van der Waals surface area contributed by atoms with E-state index in [1.807, 2.05) is 0 Å². The third kappa shape index (κ3) is 4.13. The summed E-state index contributed by atoms with van der Waals surface area (Å²) in [5.74, 6) is 0.461. The Hall–Kier alpha value is -3.20. The molecular weight excluding hydrogens is 433 g/mol. The number of pyridine rings is 1. The number of alkyl halides is 3. The normalized spacial score (nSPS) is 22.3. The maximum atomic E-state index is 12.9. The van der Waals surface area contributed by atoms with Gasteiger partial charge in [0.15, 0.2) is 0 Å². The van der Waals surface area contributed by atoms with E-state index in [4.69, 9.17) is 0 Å². The number of hydrogen-bond acceptors (Lipinski definition) is 4. The van der Waals surface area contributed by atoms with Gasteiger partial charge in [-0.25, -0.2) is 4.79 Å². The highest BCUT2D eigenvalue weighted by Crippen LogP contribution is 2.59. The lowest BCUT2D eigenvalue weighted by molar-refractivity contribution is -0.137. The fraction of sp³-hybridized carbons (Fsp3) is 0.375. The Bertz CT molecular complexity index is 1270. The minimum absolute atomic E-state index is 0.0482. The lowest BCUT2D eigenvalue weighted by atomic mass is 9.94. The predicted octanol–water partition coefficient (Wildman–Crippen LogP) is 3.28. The fourth-order valence-corrected chi connectivity index (χ4v) is 5.07. The van der Waals surface area contributed by atoms with Crippen molar-refractivity contribution in [1.82, 2.24) is 19.4 Å². The summed E-state index contributed by atoms with van der Waals surface area (Å²) in [6.07, 6.45) is 2.17. The lowest BCUT2D eigenvalue weighted by Gasteiger charge is -2.21. The molecule has 2 aliphatic rings. The second-order valence-corrected chi connectivity index (χ2v) is 8.95. The molecule has 1 aliphatic carbocycles. The van der Waals surface area contributed by atoms with Crippen molar-refractivity contribution in [2.75, 3.05) is 19.6 Å². The Morgan fingerprint density at radius 2 is 1.79 bits per heavy atom. The van der Waals surface area contributed by atoms with E-state index in [-0.39, 0.29) is 5.41 Å². The van der Waals surface area contributed by atoms with Gasteiger partial charge >= 0.3 is 11.9 Å². The summed E-state index contributed by atoms with van der Waals surface area (Å²) in [7, 11) is 0. The molecule has 0 spiro atoms. The van der Waals surface area contributed by atoms with Crippen LogP contribution < -0.4 is 11.2 Å². The highest BCUT2D eigenvalue weighted by Gasteiger charge is 2.60. The minimum Gasteiger partial charge on any atom is -0.302 e. The molecule has 1 saturated carbocycles. The topological polar surface area (TPSA) is 71.0 Å². The molecule has 1 N–H and O–H groups in total. The Kier molecular flexibility index (Phi) is 5.23. The highest BCUT2D eigenvalue weighted by molar-refractivity contribution is 5.60. The zero-order valence-corrected chi connectivity index (χ0v) is 17.8. The summed E-state index contributed by atoms with van der Waals surface area (Å²) in [5.41, 5.74) is 0.546. The molecule has 1 aliphatic heterocycles. The number of aromatic nitrogens is 3. The number of halogens is 3. The van der Waals surface area contributed by atoms with Gasteiger partial charge in [0.2, 0.25) is 0 Å². The summed E-state index contributed by atoms with van der Waals surface area (Å²) in [5, 5.41) is 0.